The Hall–Kier alpha value is -2.33. The molecule has 1 aromatic carbocycles. The lowest BCUT2D eigenvalue weighted by molar-refractivity contribution is 0.0733. The monoisotopic (exact) mass is 460 g/mol. The lowest BCUT2D eigenvalue weighted by atomic mass is 10.0. The fourth-order valence-corrected chi connectivity index (χ4v) is 5.68. The summed E-state index contributed by atoms with van der Waals surface area (Å²) >= 11 is 0. The number of hydrogen-bond donors (Lipinski definition) is 1. The van der Waals surface area contributed by atoms with Crippen LogP contribution < -0.4 is 4.74 Å². The Labute approximate surface area is 190 Å². The van der Waals surface area contributed by atoms with Crippen molar-refractivity contribution >= 4 is 16.1 Å². The van der Waals surface area contributed by atoms with Gasteiger partial charge in [0, 0.05) is 49.6 Å². The third-order valence-electron chi connectivity index (χ3n) is 5.61. The third-order valence-corrected chi connectivity index (χ3v) is 7.63. The normalized spacial score (nSPS) is 22.2. The van der Waals surface area contributed by atoms with Crippen molar-refractivity contribution in [3.05, 3.63) is 54.1 Å². The van der Waals surface area contributed by atoms with E-state index in [0.717, 1.165) is 11.1 Å². The number of hydrogen-bond acceptors (Lipinski definition) is 7. The first kappa shape index (κ1) is 24.3. The minimum atomic E-state index is -3.82. The van der Waals surface area contributed by atoms with Gasteiger partial charge < -0.3 is 9.84 Å². The summed E-state index contributed by atoms with van der Waals surface area (Å²) in [5.74, 6) is 0.232. The molecule has 0 radical (unpaired) electrons. The second kappa shape index (κ2) is 10.5. The van der Waals surface area contributed by atoms with Gasteiger partial charge in [-0.3, -0.25) is 4.90 Å². The molecule has 2 heterocycles. The predicted octanol–water partition coefficient (Wildman–Crippen LogP) is 2.41. The van der Waals surface area contributed by atoms with E-state index >= 15 is 0 Å². The van der Waals surface area contributed by atoms with Crippen molar-refractivity contribution in [3.8, 4) is 5.75 Å². The first-order chi connectivity index (χ1) is 15.3. The molecule has 9 heteroatoms. The Balaban J connectivity index is 1.97. The van der Waals surface area contributed by atoms with E-state index in [1.165, 1.54) is 10.6 Å². The number of sulfonamides is 1. The quantitative estimate of drug-likeness (QED) is 0.678. The molecule has 0 saturated heterocycles. The van der Waals surface area contributed by atoms with Gasteiger partial charge in [-0.25, -0.2) is 18.4 Å². The van der Waals surface area contributed by atoms with E-state index in [0.29, 0.717) is 18.8 Å². The molecule has 1 aromatic heterocycles. The highest BCUT2D eigenvalue weighted by molar-refractivity contribution is 7.89. The molecule has 0 amide bonds. The number of fused-ring (bicyclic) bond motifs is 1. The highest BCUT2D eigenvalue weighted by Crippen LogP contribution is 2.34. The van der Waals surface area contributed by atoms with Crippen molar-refractivity contribution in [1.29, 1.82) is 0 Å². The molecule has 0 aliphatic carbocycles. The number of rotatable bonds is 7. The van der Waals surface area contributed by atoms with Crippen LogP contribution in [0.3, 0.4) is 0 Å². The van der Waals surface area contributed by atoms with Crippen LogP contribution in [-0.4, -0.2) is 71.6 Å². The first-order valence-corrected chi connectivity index (χ1v) is 12.2. The Morgan fingerprint density at radius 3 is 2.72 bits per heavy atom. The van der Waals surface area contributed by atoms with Crippen molar-refractivity contribution in [2.24, 2.45) is 5.92 Å². The molecular weight excluding hydrogens is 428 g/mol. The maximum absolute atomic E-state index is 13.5. The van der Waals surface area contributed by atoms with Crippen molar-refractivity contribution < 1.29 is 18.3 Å². The molecule has 0 bridgehead atoms. The van der Waals surface area contributed by atoms with Gasteiger partial charge in [-0.1, -0.05) is 25.1 Å². The molecule has 2 aromatic rings. The summed E-state index contributed by atoms with van der Waals surface area (Å²) in [6.07, 6.45) is 8.61. The summed E-state index contributed by atoms with van der Waals surface area (Å²) in [6.45, 7) is 6.85. The van der Waals surface area contributed by atoms with Crippen LogP contribution in [0.5, 0.6) is 5.75 Å². The molecule has 0 saturated carbocycles. The van der Waals surface area contributed by atoms with E-state index in [4.69, 9.17) is 4.74 Å². The summed E-state index contributed by atoms with van der Waals surface area (Å²) in [5.41, 5.74) is 1.85. The Bertz CT molecular complexity index is 1030. The lowest BCUT2D eigenvalue weighted by Gasteiger charge is -2.37. The van der Waals surface area contributed by atoms with Crippen molar-refractivity contribution in [2.45, 2.75) is 44.4 Å². The number of ether oxygens (including phenoxy) is 1. The van der Waals surface area contributed by atoms with Gasteiger partial charge in [-0.2, -0.15) is 4.31 Å². The van der Waals surface area contributed by atoms with Crippen LogP contribution in [0, 0.1) is 5.92 Å². The van der Waals surface area contributed by atoms with Crippen LogP contribution in [0.2, 0.25) is 0 Å². The van der Waals surface area contributed by atoms with Crippen molar-refractivity contribution in [2.75, 3.05) is 26.7 Å². The smallest absolute Gasteiger partial charge is 0.247 e. The van der Waals surface area contributed by atoms with Crippen LogP contribution in [0.25, 0.3) is 6.08 Å². The molecule has 1 N–H and O–H groups in total. The van der Waals surface area contributed by atoms with Crippen LogP contribution in [0.15, 0.2) is 47.9 Å². The van der Waals surface area contributed by atoms with E-state index < -0.39 is 16.1 Å². The average Bonchev–Trinajstić information content (AvgIpc) is 2.76. The minimum Gasteiger partial charge on any atom is -0.487 e. The molecule has 3 rings (SSSR count). The van der Waals surface area contributed by atoms with Gasteiger partial charge in [-0.05, 0) is 38.6 Å². The highest BCUT2D eigenvalue weighted by Gasteiger charge is 2.38. The van der Waals surface area contributed by atoms with E-state index in [-0.39, 0.29) is 30.1 Å². The summed E-state index contributed by atoms with van der Waals surface area (Å²) in [6, 6.07) is 4.59. The van der Waals surface area contributed by atoms with Crippen molar-refractivity contribution in [1.82, 2.24) is 19.2 Å². The zero-order valence-corrected chi connectivity index (χ0v) is 19.9. The van der Waals surface area contributed by atoms with Crippen LogP contribution in [0.1, 0.15) is 31.9 Å². The Kier molecular flexibility index (Phi) is 8.00. The molecule has 174 valence electrons. The number of aliphatic hydroxyl groups is 1. The fraction of sp³-hybridized carbons (Fsp3) is 0.478. The molecule has 32 heavy (non-hydrogen) atoms. The maximum Gasteiger partial charge on any atom is 0.247 e. The van der Waals surface area contributed by atoms with Crippen LogP contribution in [0.4, 0.5) is 0 Å². The summed E-state index contributed by atoms with van der Waals surface area (Å²) in [4.78, 5) is 10.4. The zero-order valence-electron chi connectivity index (χ0n) is 19.0. The zero-order chi connectivity index (χ0) is 23.3. The molecule has 8 nitrogen and oxygen atoms in total. The number of allylic oxidation sites excluding steroid dienone is 1. The Morgan fingerprint density at radius 1 is 1.34 bits per heavy atom. The number of nitrogens with zero attached hydrogens (tertiary/aromatic N) is 4. The highest BCUT2D eigenvalue weighted by atomic mass is 32.2. The Morgan fingerprint density at radius 2 is 2.06 bits per heavy atom. The number of aromatic nitrogens is 2. The average molecular weight is 461 g/mol. The molecule has 0 spiro atoms. The van der Waals surface area contributed by atoms with Crippen molar-refractivity contribution in [3.63, 3.8) is 0 Å². The molecular formula is C23H32N4O4S. The van der Waals surface area contributed by atoms with Gasteiger partial charge >= 0.3 is 0 Å². The van der Waals surface area contributed by atoms with Gasteiger partial charge in [0.1, 0.15) is 23.1 Å². The number of aliphatic hydroxyl groups excluding tert-OH is 1. The maximum atomic E-state index is 13.5. The summed E-state index contributed by atoms with van der Waals surface area (Å²) in [7, 11) is -1.83. The van der Waals surface area contributed by atoms with Crippen LogP contribution >= 0.6 is 0 Å². The minimum absolute atomic E-state index is 0.105. The topological polar surface area (TPSA) is 95.9 Å². The fourth-order valence-electron chi connectivity index (χ4n) is 3.85. The number of likely N-dealkylation sites (N-methyl/N-ethyl adjacent to an activating group) is 1. The van der Waals surface area contributed by atoms with E-state index in [9.17, 15) is 13.5 Å². The van der Waals surface area contributed by atoms with E-state index in [2.05, 4.69) is 14.9 Å². The molecule has 3 atom stereocenters. The SMILES string of the molecule is C/C=C/c1ccc2c(c1)O[C@H](CN(C)Cc1cncnc1)[C@H](C)CN([C@@H](C)CO)S2(=O)=O. The second-order valence-corrected chi connectivity index (χ2v) is 10.2. The van der Waals surface area contributed by atoms with Gasteiger partial charge in [-0.15, -0.1) is 0 Å². The molecule has 1 aliphatic heterocycles. The standard InChI is InChI=1S/C23H32N4O4S/c1-5-6-19-7-8-23-21(9-19)31-22(14-26(4)13-20-10-24-16-25-11-20)17(2)12-27(18(3)15-28)32(23,29)30/h5-11,16-18,22,28H,12-15H2,1-4H3/b6-5+/t17-,18+,22-/m1/s1. The van der Waals surface area contributed by atoms with E-state index in [1.54, 1.807) is 37.5 Å². The first-order valence-electron chi connectivity index (χ1n) is 10.7. The van der Waals surface area contributed by atoms with Gasteiger partial charge in [0.05, 0.1) is 6.61 Å². The molecule has 1 aliphatic rings. The predicted molar refractivity (Wildman–Crippen MR) is 124 cm³/mol. The van der Waals surface area contributed by atoms with E-state index in [1.807, 2.05) is 33.0 Å². The lowest BCUT2D eigenvalue weighted by Crippen LogP contribution is -2.49. The third kappa shape index (κ3) is 5.53. The summed E-state index contributed by atoms with van der Waals surface area (Å²) in [5, 5.41) is 9.74. The van der Waals surface area contributed by atoms with Gasteiger partial charge in [0.2, 0.25) is 10.0 Å². The van der Waals surface area contributed by atoms with Gasteiger partial charge in [0.15, 0.2) is 0 Å². The van der Waals surface area contributed by atoms with Gasteiger partial charge in [0.25, 0.3) is 0 Å². The molecule has 0 unspecified atom stereocenters. The number of benzene rings is 1. The summed E-state index contributed by atoms with van der Waals surface area (Å²) < 4.78 is 34.7. The largest absolute Gasteiger partial charge is 0.487 e. The van der Waals surface area contributed by atoms with Crippen LogP contribution in [-0.2, 0) is 16.6 Å². The second-order valence-electron chi connectivity index (χ2n) is 8.39. The molecule has 0 fully saturated rings.